The number of rotatable bonds is 8. The monoisotopic (exact) mass is 472 g/mol. The lowest BCUT2D eigenvalue weighted by molar-refractivity contribution is -0.122. The number of sulfonamides is 1. The van der Waals surface area contributed by atoms with Crippen LogP contribution in [0.2, 0.25) is 0 Å². The zero-order valence-corrected chi connectivity index (χ0v) is 18.0. The van der Waals surface area contributed by atoms with E-state index in [1.807, 2.05) is 60.7 Å². The standard InChI is InChI=1S/C22H21BrN2O3S/c23-19-11-13-20(14-12-19)29(27,28)25-21(15-17-7-3-1-4-8-17)22(26)24-16-18-9-5-2-6-10-18/h1-14,21,25H,15-16H2,(H,24,26). The van der Waals surface area contributed by atoms with Gasteiger partial charge in [-0.05, 0) is 41.8 Å². The molecule has 0 bridgehead atoms. The first-order chi connectivity index (χ1) is 13.9. The van der Waals surface area contributed by atoms with Crippen molar-refractivity contribution in [2.75, 3.05) is 0 Å². The van der Waals surface area contributed by atoms with Gasteiger partial charge in [0.1, 0.15) is 6.04 Å². The van der Waals surface area contributed by atoms with Crippen LogP contribution in [-0.2, 0) is 27.8 Å². The molecule has 3 aromatic rings. The number of carbonyl (C=O) groups excluding carboxylic acids is 1. The first-order valence-corrected chi connectivity index (χ1v) is 11.3. The Hall–Kier alpha value is -2.48. The molecule has 1 amide bonds. The Morgan fingerprint density at radius 2 is 1.38 bits per heavy atom. The van der Waals surface area contributed by atoms with Crippen molar-refractivity contribution in [1.82, 2.24) is 10.0 Å². The van der Waals surface area contributed by atoms with E-state index in [1.54, 1.807) is 12.1 Å². The summed E-state index contributed by atoms with van der Waals surface area (Å²) in [6.45, 7) is 0.324. The molecule has 3 rings (SSSR count). The highest BCUT2D eigenvalue weighted by molar-refractivity contribution is 9.10. The number of hydrogen-bond acceptors (Lipinski definition) is 3. The molecule has 5 nitrogen and oxygen atoms in total. The fourth-order valence-electron chi connectivity index (χ4n) is 2.81. The van der Waals surface area contributed by atoms with E-state index in [0.717, 1.165) is 15.6 Å². The van der Waals surface area contributed by atoms with Crippen molar-refractivity contribution < 1.29 is 13.2 Å². The Bertz CT molecular complexity index is 1040. The number of halogens is 1. The molecular weight excluding hydrogens is 452 g/mol. The van der Waals surface area contributed by atoms with Crippen LogP contribution in [0.4, 0.5) is 0 Å². The first kappa shape index (κ1) is 21.2. The number of benzene rings is 3. The van der Waals surface area contributed by atoms with E-state index in [2.05, 4.69) is 26.0 Å². The van der Waals surface area contributed by atoms with E-state index in [-0.39, 0.29) is 17.2 Å². The van der Waals surface area contributed by atoms with Crippen molar-refractivity contribution in [2.24, 2.45) is 0 Å². The summed E-state index contributed by atoms with van der Waals surface area (Å²) in [6, 6.07) is 24.2. The van der Waals surface area contributed by atoms with E-state index in [4.69, 9.17) is 0 Å². The summed E-state index contributed by atoms with van der Waals surface area (Å²) in [5, 5.41) is 2.83. The molecule has 0 saturated carbocycles. The normalized spacial score (nSPS) is 12.3. The molecular formula is C22H21BrN2O3S. The maximum absolute atomic E-state index is 12.8. The van der Waals surface area contributed by atoms with Gasteiger partial charge in [0, 0.05) is 11.0 Å². The second-order valence-corrected chi connectivity index (χ2v) is 9.15. The van der Waals surface area contributed by atoms with Crippen LogP contribution in [0.3, 0.4) is 0 Å². The largest absolute Gasteiger partial charge is 0.351 e. The van der Waals surface area contributed by atoms with Crippen molar-refractivity contribution in [3.8, 4) is 0 Å². The molecule has 3 aromatic carbocycles. The molecule has 0 radical (unpaired) electrons. The fourth-order valence-corrected chi connectivity index (χ4v) is 4.27. The molecule has 0 saturated heterocycles. The van der Waals surface area contributed by atoms with Crippen LogP contribution in [0.25, 0.3) is 0 Å². The summed E-state index contributed by atoms with van der Waals surface area (Å²) in [5.41, 5.74) is 1.81. The molecule has 0 spiro atoms. The topological polar surface area (TPSA) is 75.3 Å². The van der Waals surface area contributed by atoms with Gasteiger partial charge in [-0.2, -0.15) is 4.72 Å². The SMILES string of the molecule is O=C(NCc1ccccc1)C(Cc1ccccc1)NS(=O)(=O)c1ccc(Br)cc1. The van der Waals surface area contributed by atoms with Gasteiger partial charge in [0.25, 0.3) is 0 Å². The molecule has 0 heterocycles. The Morgan fingerprint density at radius 3 is 1.97 bits per heavy atom. The van der Waals surface area contributed by atoms with Crippen LogP contribution in [-0.4, -0.2) is 20.4 Å². The average Bonchev–Trinajstić information content (AvgIpc) is 2.73. The van der Waals surface area contributed by atoms with E-state index in [1.165, 1.54) is 12.1 Å². The van der Waals surface area contributed by atoms with Gasteiger partial charge in [0.05, 0.1) is 4.90 Å². The number of carbonyl (C=O) groups is 1. The Balaban J connectivity index is 1.78. The Kier molecular flexibility index (Phi) is 7.19. The van der Waals surface area contributed by atoms with Gasteiger partial charge in [0.15, 0.2) is 0 Å². The predicted molar refractivity (Wildman–Crippen MR) is 117 cm³/mol. The second-order valence-electron chi connectivity index (χ2n) is 6.52. The molecule has 1 unspecified atom stereocenters. The first-order valence-electron chi connectivity index (χ1n) is 9.07. The highest BCUT2D eigenvalue weighted by Crippen LogP contribution is 2.16. The minimum absolute atomic E-state index is 0.106. The van der Waals surface area contributed by atoms with Crippen molar-refractivity contribution in [3.63, 3.8) is 0 Å². The van der Waals surface area contributed by atoms with Crippen molar-refractivity contribution >= 4 is 31.9 Å². The molecule has 0 aliphatic rings. The third kappa shape index (κ3) is 6.25. The third-order valence-electron chi connectivity index (χ3n) is 4.33. The quantitative estimate of drug-likeness (QED) is 0.525. The lowest BCUT2D eigenvalue weighted by Crippen LogP contribution is -2.47. The van der Waals surface area contributed by atoms with Crippen molar-refractivity contribution in [3.05, 3.63) is 101 Å². The van der Waals surface area contributed by atoms with Crippen LogP contribution in [0.15, 0.2) is 94.3 Å². The van der Waals surface area contributed by atoms with Gasteiger partial charge < -0.3 is 5.32 Å². The summed E-state index contributed by atoms with van der Waals surface area (Å²) in [4.78, 5) is 12.9. The minimum Gasteiger partial charge on any atom is -0.351 e. The highest BCUT2D eigenvalue weighted by Gasteiger charge is 2.26. The maximum atomic E-state index is 12.8. The zero-order chi connectivity index (χ0) is 20.7. The zero-order valence-electron chi connectivity index (χ0n) is 15.6. The number of nitrogens with one attached hydrogen (secondary N) is 2. The Labute approximate surface area is 179 Å². The lowest BCUT2D eigenvalue weighted by Gasteiger charge is -2.19. The summed E-state index contributed by atoms with van der Waals surface area (Å²) in [5.74, 6) is -0.376. The summed E-state index contributed by atoms with van der Waals surface area (Å²) >= 11 is 3.29. The minimum atomic E-state index is -3.86. The molecule has 0 fully saturated rings. The van der Waals surface area contributed by atoms with Crippen molar-refractivity contribution in [2.45, 2.75) is 23.9 Å². The lowest BCUT2D eigenvalue weighted by atomic mass is 10.1. The summed E-state index contributed by atoms with van der Waals surface area (Å²) in [6.07, 6.45) is 0.247. The van der Waals surface area contributed by atoms with Gasteiger partial charge >= 0.3 is 0 Å². The molecule has 0 aromatic heterocycles. The van der Waals surface area contributed by atoms with Crippen LogP contribution >= 0.6 is 15.9 Å². The smallest absolute Gasteiger partial charge is 0.241 e. The molecule has 1 atom stereocenters. The predicted octanol–water partition coefficient (Wildman–Crippen LogP) is 3.66. The highest BCUT2D eigenvalue weighted by atomic mass is 79.9. The molecule has 150 valence electrons. The molecule has 0 aliphatic carbocycles. The van der Waals surface area contributed by atoms with E-state index < -0.39 is 16.1 Å². The van der Waals surface area contributed by atoms with Crippen LogP contribution in [0.5, 0.6) is 0 Å². The third-order valence-corrected chi connectivity index (χ3v) is 6.35. The van der Waals surface area contributed by atoms with E-state index >= 15 is 0 Å². The summed E-state index contributed by atoms with van der Waals surface area (Å²) < 4.78 is 29.0. The number of hydrogen-bond donors (Lipinski definition) is 2. The molecule has 29 heavy (non-hydrogen) atoms. The maximum Gasteiger partial charge on any atom is 0.241 e. The van der Waals surface area contributed by atoms with Gasteiger partial charge in [-0.25, -0.2) is 8.42 Å². The summed E-state index contributed by atoms with van der Waals surface area (Å²) in [7, 11) is -3.86. The van der Waals surface area contributed by atoms with Gasteiger partial charge in [0.2, 0.25) is 15.9 Å². The van der Waals surface area contributed by atoms with Gasteiger partial charge in [-0.1, -0.05) is 76.6 Å². The van der Waals surface area contributed by atoms with Crippen LogP contribution in [0, 0.1) is 0 Å². The Morgan fingerprint density at radius 1 is 0.828 bits per heavy atom. The van der Waals surface area contributed by atoms with Gasteiger partial charge in [-0.15, -0.1) is 0 Å². The fraction of sp³-hybridized carbons (Fsp3) is 0.136. The van der Waals surface area contributed by atoms with Crippen LogP contribution < -0.4 is 10.0 Å². The average molecular weight is 473 g/mol. The number of amides is 1. The molecule has 7 heteroatoms. The van der Waals surface area contributed by atoms with Crippen molar-refractivity contribution in [1.29, 1.82) is 0 Å². The van der Waals surface area contributed by atoms with Crippen LogP contribution in [0.1, 0.15) is 11.1 Å². The van der Waals surface area contributed by atoms with E-state index in [9.17, 15) is 13.2 Å². The van der Waals surface area contributed by atoms with Gasteiger partial charge in [-0.3, -0.25) is 4.79 Å². The molecule has 2 N–H and O–H groups in total. The van der Waals surface area contributed by atoms with E-state index in [0.29, 0.717) is 6.54 Å². The molecule has 0 aliphatic heterocycles. The second kappa shape index (κ2) is 9.82.